The van der Waals surface area contributed by atoms with Crippen LogP contribution >= 0.6 is 0 Å². The Morgan fingerprint density at radius 1 is 1.00 bits per heavy atom. The number of hydrogen-bond acceptors (Lipinski definition) is 3. The van der Waals surface area contributed by atoms with Gasteiger partial charge in [-0.05, 0) is 60.6 Å². The maximum atomic E-state index is 13.7. The topological polar surface area (TPSA) is 58.6 Å². The summed E-state index contributed by atoms with van der Waals surface area (Å²) in [5.74, 6) is 0.227. The van der Waals surface area contributed by atoms with Crippen molar-refractivity contribution in [2.75, 3.05) is 13.7 Å². The van der Waals surface area contributed by atoms with Crippen LogP contribution in [-0.4, -0.2) is 36.4 Å². The number of hydrogen-bond donors (Lipinski definition) is 1. The first-order valence-electron chi connectivity index (χ1n) is 12.0. The third kappa shape index (κ3) is 4.43. The summed E-state index contributed by atoms with van der Waals surface area (Å²) in [5, 5.41) is 3.18. The van der Waals surface area contributed by atoms with E-state index in [0.717, 1.165) is 42.6 Å². The minimum Gasteiger partial charge on any atom is -0.497 e. The van der Waals surface area contributed by atoms with Crippen LogP contribution in [0.3, 0.4) is 0 Å². The lowest BCUT2D eigenvalue weighted by Gasteiger charge is -2.42. The summed E-state index contributed by atoms with van der Waals surface area (Å²) in [7, 11) is 1.63. The fourth-order valence-corrected chi connectivity index (χ4v) is 5.03. The van der Waals surface area contributed by atoms with Crippen LogP contribution in [0.5, 0.6) is 5.75 Å². The predicted octanol–water partition coefficient (Wildman–Crippen LogP) is 4.89. The van der Waals surface area contributed by atoms with Crippen molar-refractivity contribution >= 4 is 11.8 Å². The molecule has 0 aromatic heterocycles. The van der Waals surface area contributed by atoms with Crippen molar-refractivity contribution < 1.29 is 14.3 Å². The number of fused-ring (bicyclic) bond motifs is 1. The number of carbonyl (C=O) groups excluding carboxylic acids is 2. The van der Waals surface area contributed by atoms with E-state index in [1.54, 1.807) is 7.11 Å². The van der Waals surface area contributed by atoms with E-state index >= 15 is 0 Å². The Bertz CT molecular complexity index is 1170. The lowest BCUT2D eigenvalue weighted by atomic mass is 9.79. The molecule has 2 amide bonds. The molecule has 3 aromatic rings. The molecule has 34 heavy (non-hydrogen) atoms. The molecular formula is C29H30N2O3. The highest BCUT2D eigenvalue weighted by Gasteiger charge is 2.49. The molecule has 1 fully saturated rings. The average Bonchev–Trinajstić information content (AvgIpc) is 3.72. The van der Waals surface area contributed by atoms with Gasteiger partial charge in [0.1, 0.15) is 5.75 Å². The molecule has 3 aromatic carbocycles. The highest BCUT2D eigenvalue weighted by atomic mass is 16.5. The molecule has 1 saturated carbocycles. The number of benzene rings is 3. The van der Waals surface area contributed by atoms with E-state index in [2.05, 4.69) is 17.4 Å². The molecule has 0 spiro atoms. The Labute approximate surface area is 200 Å². The normalized spacial score (nSPS) is 19.4. The number of rotatable bonds is 8. The fourth-order valence-electron chi connectivity index (χ4n) is 5.03. The highest BCUT2D eigenvalue weighted by molar-refractivity contribution is 6.01. The summed E-state index contributed by atoms with van der Waals surface area (Å²) in [6.07, 6.45) is 3.72. The second kappa shape index (κ2) is 9.72. The molecule has 0 unspecified atom stereocenters. The molecular weight excluding hydrogens is 424 g/mol. The van der Waals surface area contributed by atoms with Crippen LogP contribution in [0, 0.1) is 0 Å². The van der Waals surface area contributed by atoms with Gasteiger partial charge >= 0.3 is 0 Å². The molecule has 2 atom stereocenters. The van der Waals surface area contributed by atoms with Crippen LogP contribution in [-0.2, 0) is 11.2 Å². The van der Waals surface area contributed by atoms with Gasteiger partial charge in [-0.1, -0.05) is 60.7 Å². The third-order valence-electron chi connectivity index (χ3n) is 6.82. The van der Waals surface area contributed by atoms with Crippen molar-refractivity contribution in [2.24, 2.45) is 0 Å². The largest absolute Gasteiger partial charge is 0.497 e. The van der Waals surface area contributed by atoms with E-state index < -0.39 is 5.92 Å². The van der Waals surface area contributed by atoms with E-state index in [-0.39, 0.29) is 23.9 Å². The van der Waals surface area contributed by atoms with E-state index in [1.165, 1.54) is 5.56 Å². The maximum absolute atomic E-state index is 13.7. The SMILES string of the molecule is COc1cccc([C@@H]2[C@H](C(=O)NCCCc3ccccc3)c3ccccc3C(=O)N2C2CC2)c1. The molecule has 1 heterocycles. The Morgan fingerprint density at radius 2 is 1.76 bits per heavy atom. The minimum absolute atomic E-state index is 0.0130. The van der Waals surface area contributed by atoms with Crippen LogP contribution in [0.1, 0.15) is 58.3 Å². The van der Waals surface area contributed by atoms with Gasteiger partial charge in [0, 0.05) is 18.2 Å². The van der Waals surface area contributed by atoms with Gasteiger partial charge in [0.2, 0.25) is 5.91 Å². The van der Waals surface area contributed by atoms with Gasteiger partial charge in [0.05, 0.1) is 19.1 Å². The van der Waals surface area contributed by atoms with Gasteiger partial charge < -0.3 is 15.0 Å². The number of nitrogens with zero attached hydrogens (tertiary/aromatic N) is 1. The first kappa shape index (κ1) is 22.2. The predicted molar refractivity (Wildman–Crippen MR) is 132 cm³/mol. The second-order valence-electron chi connectivity index (χ2n) is 9.11. The fraction of sp³-hybridized carbons (Fsp3) is 0.310. The standard InChI is InChI=1S/C29H30N2O3/c1-34-23-13-7-12-21(19-23)27-26(28(32)30-18-8-11-20-9-3-2-4-10-20)24-14-5-6-15-25(24)29(33)31(27)22-16-17-22/h2-7,9-10,12-15,19,22,26-27H,8,11,16-18H2,1H3,(H,30,32)/t26-,27-/m1/s1. The van der Waals surface area contributed by atoms with Crippen molar-refractivity contribution in [2.45, 2.75) is 43.7 Å². The van der Waals surface area contributed by atoms with Gasteiger partial charge in [0.25, 0.3) is 5.91 Å². The molecule has 2 aliphatic rings. The lowest BCUT2D eigenvalue weighted by molar-refractivity contribution is -0.124. The molecule has 0 saturated heterocycles. The van der Waals surface area contributed by atoms with Crippen molar-refractivity contribution in [3.05, 3.63) is 101 Å². The zero-order chi connectivity index (χ0) is 23.5. The van der Waals surface area contributed by atoms with E-state index in [1.807, 2.05) is 71.6 Å². The number of aryl methyl sites for hydroxylation is 1. The first-order valence-corrected chi connectivity index (χ1v) is 12.0. The Morgan fingerprint density at radius 3 is 2.53 bits per heavy atom. The van der Waals surface area contributed by atoms with Gasteiger partial charge in [-0.2, -0.15) is 0 Å². The van der Waals surface area contributed by atoms with Crippen LogP contribution in [0.4, 0.5) is 0 Å². The summed E-state index contributed by atoms with van der Waals surface area (Å²) < 4.78 is 5.47. The number of nitrogens with one attached hydrogen (secondary N) is 1. The van der Waals surface area contributed by atoms with Crippen LogP contribution in [0.25, 0.3) is 0 Å². The second-order valence-corrected chi connectivity index (χ2v) is 9.11. The van der Waals surface area contributed by atoms with E-state index in [4.69, 9.17) is 4.74 Å². The highest BCUT2D eigenvalue weighted by Crippen LogP contribution is 2.48. The summed E-state index contributed by atoms with van der Waals surface area (Å²) in [5.41, 5.74) is 3.63. The van der Waals surface area contributed by atoms with Gasteiger partial charge in [0.15, 0.2) is 0 Å². The third-order valence-corrected chi connectivity index (χ3v) is 6.82. The summed E-state index contributed by atoms with van der Waals surface area (Å²) in [6, 6.07) is 25.5. The molecule has 174 valence electrons. The minimum atomic E-state index is -0.474. The maximum Gasteiger partial charge on any atom is 0.254 e. The molecule has 1 aliphatic carbocycles. The van der Waals surface area contributed by atoms with E-state index in [9.17, 15) is 9.59 Å². The molecule has 0 bridgehead atoms. The van der Waals surface area contributed by atoms with Gasteiger partial charge in [-0.3, -0.25) is 9.59 Å². The van der Waals surface area contributed by atoms with Crippen LogP contribution in [0.15, 0.2) is 78.9 Å². The smallest absolute Gasteiger partial charge is 0.254 e. The zero-order valence-electron chi connectivity index (χ0n) is 19.4. The summed E-state index contributed by atoms with van der Waals surface area (Å²) in [6.45, 7) is 0.592. The quantitative estimate of drug-likeness (QED) is 0.493. The molecule has 1 aliphatic heterocycles. The molecule has 5 nitrogen and oxygen atoms in total. The first-order chi connectivity index (χ1) is 16.7. The Kier molecular flexibility index (Phi) is 6.35. The van der Waals surface area contributed by atoms with Crippen molar-refractivity contribution in [1.82, 2.24) is 10.2 Å². The van der Waals surface area contributed by atoms with Crippen molar-refractivity contribution in [3.8, 4) is 5.75 Å². The summed E-state index contributed by atoms with van der Waals surface area (Å²) in [4.78, 5) is 29.3. The average molecular weight is 455 g/mol. The van der Waals surface area contributed by atoms with Crippen LogP contribution < -0.4 is 10.1 Å². The molecule has 5 heteroatoms. The number of methoxy groups -OCH3 is 1. The number of amides is 2. The van der Waals surface area contributed by atoms with Gasteiger partial charge in [-0.25, -0.2) is 0 Å². The van der Waals surface area contributed by atoms with E-state index in [0.29, 0.717) is 12.1 Å². The molecule has 1 N–H and O–H groups in total. The van der Waals surface area contributed by atoms with Crippen molar-refractivity contribution in [1.29, 1.82) is 0 Å². The number of ether oxygens (including phenoxy) is 1. The van der Waals surface area contributed by atoms with Crippen molar-refractivity contribution in [3.63, 3.8) is 0 Å². The summed E-state index contributed by atoms with van der Waals surface area (Å²) >= 11 is 0. The Balaban J connectivity index is 1.45. The van der Waals surface area contributed by atoms with Crippen LogP contribution in [0.2, 0.25) is 0 Å². The lowest BCUT2D eigenvalue weighted by Crippen LogP contribution is -2.48. The molecule has 5 rings (SSSR count). The molecule has 0 radical (unpaired) electrons. The monoisotopic (exact) mass is 454 g/mol. The number of carbonyl (C=O) groups is 2. The zero-order valence-corrected chi connectivity index (χ0v) is 19.4. The van der Waals surface area contributed by atoms with Gasteiger partial charge in [-0.15, -0.1) is 0 Å². The Hall–Kier alpha value is -3.60.